The number of halogens is 1. The van der Waals surface area contributed by atoms with Crippen LogP contribution in [0.5, 0.6) is 0 Å². The van der Waals surface area contributed by atoms with Crippen molar-refractivity contribution in [3.63, 3.8) is 0 Å². The van der Waals surface area contributed by atoms with E-state index < -0.39 is 0 Å². The fourth-order valence-corrected chi connectivity index (χ4v) is 2.27. The van der Waals surface area contributed by atoms with E-state index in [1.54, 1.807) is 13.0 Å². The van der Waals surface area contributed by atoms with Crippen molar-refractivity contribution >= 4 is 5.91 Å². The van der Waals surface area contributed by atoms with Crippen molar-refractivity contribution in [3.05, 3.63) is 35.1 Å². The first-order valence-corrected chi connectivity index (χ1v) is 6.19. The molecule has 0 atom stereocenters. The molecule has 0 unspecified atom stereocenters. The Hall–Kier alpha value is -1.38. The average Bonchev–Trinajstić information content (AvgIpc) is 2.84. The largest absolute Gasteiger partial charge is 0.352 e. The van der Waals surface area contributed by atoms with Gasteiger partial charge >= 0.3 is 0 Å². The predicted molar refractivity (Wildman–Crippen MR) is 64.9 cm³/mol. The van der Waals surface area contributed by atoms with Crippen LogP contribution in [0.1, 0.15) is 36.8 Å². The molecule has 1 N–H and O–H groups in total. The number of carbonyl (C=O) groups excluding carboxylic acids is 1. The van der Waals surface area contributed by atoms with Crippen LogP contribution in [0, 0.1) is 18.7 Å². The molecule has 2 nitrogen and oxygen atoms in total. The van der Waals surface area contributed by atoms with E-state index in [1.807, 2.05) is 6.07 Å². The van der Waals surface area contributed by atoms with E-state index in [0.717, 1.165) is 31.2 Å². The zero-order valence-corrected chi connectivity index (χ0v) is 10.1. The first-order valence-electron chi connectivity index (χ1n) is 6.19. The highest BCUT2D eigenvalue weighted by Gasteiger charge is 2.22. The number of benzene rings is 1. The molecule has 1 saturated carbocycles. The van der Waals surface area contributed by atoms with E-state index in [2.05, 4.69) is 5.32 Å². The Morgan fingerprint density at radius 3 is 2.76 bits per heavy atom. The number of hydrogen-bond acceptors (Lipinski definition) is 1. The van der Waals surface area contributed by atoms with Crippen LogP contribution in [-0.2, 0) is 11.3 Å². The van der Waals surface area contributed by atoms with Crippen LogP contribution in [0.2, 0.25) is 0 Å². The molecule has 1 fully saturated rings. The van der Waals surface area contributed by atoms with E-state index in [-0.39, 0.29) is 17.6 Å². The number of carbonyl (C=O) groups is 1. The van der Waals surface area contributed by atoms with E-state index in [9.17, 15) is 9.18 Å². The summed E-state index contributed by atoms with van der Waals surface area (Å²) in [5.74, 6) is 0.0754. The Morgan fingerprint density at radius 1 is 1.41 bits per heavy atom. The summed E-state index contributed by atoms with van der Waals surface area (Å²) < 4.78 is 13.3. The third kappa shape index (κ3) is 3.05. The van der Waals surface area contributed by atoms with Crippen molar-refractivity contribution in [2.24, 2.45) is 5.92 Å². The van der Waals surface area contributed by atoms with Gasteiger partial charge in [-0.05, 0) is 37.0 Å². The molecule has 0 bridgehead atoms. The number of nitrogens with one attached hydrogen (secondary N) is 1. The molecule has 0 radical (unpaired) electrons. The first-order chi connectivity index (χ1) is 8.16. The summed E-state index contributed by atoms with van der Waals surface area (Å²) >= 11 is 0. The topological polar surface area (TPSA) is 29.1 Å². The molecule has 1 aromatic rings. The van der Waals surface area contributed by atoms with Crippen LogP contribution < -0.4 is 5.32 Å². The third-order valence-electron chi connectivity index (χ3n) is 3.43. The van der Waals surface area contributed by atoms with Gasteiger partial charge in [0, 0.05) is 12.5 Å². The highest BCUT2D eigenvalue weighted by molar-refractivity contribution is 5.78. The normalized spacial score (nSPS) is 16.1. The maximum atomic E-state index is 13.3. The Labute approximate surface area is 101 Å². The third-order valence-corrected chi connectivity index (χ3v) is 3.43. The van der Waals surface area contributed by atoms with Crippen molar-refractivity contribution in [1.29, 1.82) is 0 Å². The number of aryl methyl sites for hydroxylation is 1. The minimum atomic E-state index is -0.211. The molecule has 92 valence electrons. The maximum absolute atomic E-state index is 13.3. The second kappa shape index (κ2) is 5.30. The summed E-state index contributed by atoms with van der Waals surface area (Å²) in [6.45, 7) is 2.16. The summed E-state index contributed by atoms with van der Waals surface area (Å²) in [6, 6.07) is 5.09. The Kier molecular flexibility index (Phi) is 3.77. The standard InChI is InChI=1S/C14H18FNO/c1-10-6-7-11(8-13(10)15)9-16-14(17)12-4-2-3-5-12/h6-8,12H,2-5,9H2,1H3,(H,16,17). The Bertz CT molecular complexity index is 411. The quantitative estimate of drug-likeness (QED) is 0.857. The van der Waals surface area contributed by atoms with Crippen molar-refractivity contribution in [1.82, 2.24) is 5.32 Å². The van der Waals surface area contributed by atoms with Crippen molar-refractivity contribution in [2.75, 3.05) is 0 Å². The molecule has 0 saturated heterocycles. The fraction of sp³-hybridized carbons (Fsp3) is 0.500. The van der Waals surface area contributed by atoms with Gasteiger partial charge < -0.3 is 5.32 Å². The van der Waals surface area contributed by atoms with Gasteiger partial charge in [0.2, 0.25) is 5.91 Å². The van der Waals surface area contributed by atoms with Crippen LogP contribution in [0.4, 0.5) is 4.39 Å². The molecule has 1 aliphatic rings. The molecule has 0 heterocycles. The van der Waals surface area contributed by atoms with Gasteiger partial charge in [-0.25, -0.2) is 4.39 Å². The molecule has 1 aliphatic carbocycles. The first kappa shape index (κ1) is 12.1. The Balaban J connectivity index is 1.88. The molecule has 0 aliphatic heterocycles. The lowest BCUT2D eigenvalue weighted by molar-refractivity contribution is -0.124. The van der Waals surface area contributed by atoms with Gasteiger partial charge in [0.05, 0.1) is 0 Å². The molecule has 1 amide bonds. The van der Waals surface area contributed by atoms with E-state index in [4.69, 9.17) is 0 Å². The smallest absolute Gasteiger partial charge is 0.223 e. The molecule has 0 spiro atoms. The zero-order valence-electron chi connectivity index (χ0n) is 10.1. The van der Waals surface area contributed by atoms with Crippen LogP contribution in [-0.4, -0.2) is 5.91 Å². The molecule has 2 rings (SSSR count). The van der Waals surface area contributed by atoms with Gasteiger partial charge in [-0.2, -0.15) is 0 Å². The molecule has 0 aromatic heterocycles. The minimum Gasteiger partial charge on any atom is -0.352 e. The van der Waals surface area contributed by atoms with E-state index >= 15 is 0 Å². The number of amides is 1. The van der Waals surface area contributed by atoms with Gasteiger partial charge in [0.25, 0.3) is 0 Å². The van der Waals surface area contributed by atoms with Crippen LogP contribution in [0.3, 0.4) is 0 Å². The highest BCUT2D eigenvalue weighted by Crippen LogP contribution is 2.24. The lowest BCUT2D eigenvalue weighted by Crippen LogP contribution is -2.28. The zero-order chi connectivity index (χ0) is 12.3. The monoisotopic (exact) mass is 235 g/mol. The van der Waals surface area contributed by atoms with Gasteiger partial charge in [0.15, 0.2) is 0 Å². The summed E-state index contributed by atoms with van der Waals surface area (Å²) in [4.78, 5) is 11.8. The van der Waals surface area contributed by atoms with Gasteiger partial charge in [0.1, 0.15) is 5.82 Å². The second-order valence-corrected chi connectivity index (χ2v) is 4.78. The van der Waals surface area contributed by atoms with Crippen LogP contribution in [0.15, 0.2) is 18.2 Å². The lowest BCUT2D eigenvalue weighted by atomic mass is 10.1. The van der Waals surface area contributed by atoms with Crippen molar-refractivity contribution in [2.45, 2.75) is 39.2 Å². The number of rotatable bonds is 3. The molecule has 1 aromatic carbocycles. The second-order valence-electron chi connectivity index (χ2n) is 4.78. The summed E-state index contributed by atoms with van der Waals surface area (Å²) in [5, 5.41) is 2.88. The summed E-state index contributed by atoms with van der Waals surface area (Å²) in [5.41, 5.74) is 1.45. The summed E-state index contributed by atoms with van der Waals surface area (Å²) in [7, 11) is 0. The lowest BCUT2D eigenvalue weighted by Gasteiger charge is -2.10. The van der Waals surface area contributed by atoms with Gasteiger partial charge in [-0.1, -0.05) is 25.0 Å². The summed E-state index contributed by atoms with van der Waals surface area (Å²) in [6.07, 6.45) is 4.29. The molecule has 17 heavy (non-hydrogen) atoms. The minimum absolute atomic E-state index is 0.114. The number of hydrogen-bond donors (Lipinski definition) is 1. The fourth-order valence-electron chi connectivity index (χ4n) is 2.27. The van der Waals surface area contributed by atoms with Crippen LogP contribution in [0.25, 0.3) is 0 Å². The van der Waals surface area contributed by atoms with Gasteiger partial charge in [-0.3, -0.25) is 4.79 Å². The molecular weight excluding hydrogens is 217 g/mol. The highest BCUT2D eigenvalue weighted by atomic mass is 19.1. The average molecular weight is 235 g/mol. The Morgan fingerprint density at radius 2 is 2.12 bits per heavy atom. The van der Waals surface area contributed by atoms with Crippen molar-refractivity contribution in [3.8, 4) is 0 Å². The van der Waals surface area contributed by atoms with Crippen LogP contribution >= 0.6 is 0 Å². The molecular formula is C14H18FNO. The van der Waals surface area contributed by atoms with E-state index in [0.29, 0.717) is 12.1 Å². The van der Waals surface area contributed by atoms with E-state index in [1.165, 1.54) is 6.07 Å². The SMILES string of the molecule is Cc1ccc(CNC(=O)C2CCCC2)cc1F. The predicted octanol–water partition coefficient (Wildman–Crippen LogP) is 2.94. The van der Waals surface area contributed by atoms with Crippen molar-refractivity contribution < 1.29 is 9.18 Å². The van der Waals surface area contributed by atoms with Gasteiger partial charge in [-0.15, -0.1) is 0 Å². The maximum Gasteiger partial charge on any atom is 0.223 e. The molecule has 3 heteroatoms.